The first kappa shape index (κ1) is 28.0. The van der Waals surface area contributed by atoms with Crippen LogP contribution in [0.1, 0.15) is 41.7 Å². The highest BCUT2D eigenvalue weighted by molar-refractivity contribution is 7.17. The van der Waals surface area contributed by atoms with Crippen LogP contribution in [0.3, 0.4) is 0 Å². The molecule has 0 aliphatic carbocycles. The first-order chi connectivity index (χ1) is 16.0. The molecule has 1 aliphatic rings. The molecule has 3 rings (SSSR count). The van der Waals surface area contributed by atoms with Crippen LogP contribution in [0.15, 0.2) is 18.2 Å². The van der Waals surface area contributed by atoms with Gasteiger partial charge in [-0.25, -0.2) is 4.98 Å². The Labute approximate surface area is 212 Å². The Morgan fingerprint density at radius 3 is 2.71 bits per heavy atom. The number of hydrogen-bond donors (Lipinski definition) is 1. The number of carbonyl (C=O) groups excluding carboxylic acids is 1. The number of ether oxygens (including phenoxy) is 2. The molecule has 8 nitrogen and oxygen atoms in total. The van der Waals surface area contributed by atoms with Gasteiger partial charge in [0.05, 0.1) is 24.5 Å². The molecule has 2 aromatic rings. The number of aryl methyl sites for hydroxylation is 1. The highest BCUT2D eigenvalue weighted by Crippen LogP contribution is 2.31. The molecular formula is C24H34ClN5O3S. The molecule has 0 bridgehead atoms. The third-order valence-corrected chi connectivity index (χ3v) is 7.00. The molecule has 10 heteroatoms. The molecule has 1 unspecified atom stereocenters. The summed E-state index contributed by atoms with van der Waals surface area (Å²) in [5, 5.41) is 13.4. The largest absolute Gasteiger partial charge is 0.474 e. The topological polar surface area (TPSA) is 90.7 Å². The summed E-state index contributed by atoms with van der Waals surface area (Å²) in [6.45, 7) is 14.4. The molecule has 1 saturated heterocycles. The fourth-order valence-corrected chi connectivity index (χ4v) is 4.79. The molecule has 1 aromatic heterocycles. The van der Waals surface area contributed by atoms with E-state index in [9.17, 15) is 10.1 Å². The van der Waals surface area contributed by atoms with Gasteiger partial charge in [0.25, 0.3) is 5.91 Å². The van der Waals surface area contributed by atoms with Crippen molar-refractivity contribution in [3.05, 3.63) is 34.3 Å². The Hall–Kier alpha value is -2.22. The van der Waals surface area contributed by atoms with Gasteiger partial charge in [-0.1, -0.05) is 13.8 Å². The SMILES string of the molecule is CCN(CC)C(C)Oc1ccc(-c2nc(C)c(C(=O)NCCN3CCOCC3)s2)cc1C#N.Cl. The molecule has 2 heterocycles. The zero-order valence-electron chi connectivity index (χ0n) is 20.3. The maximum Gasteiger partial charge on any atom is 0.263 e. The number of rotatable bonds is 10. The summed E-state index contributed by atoms with van der Waals surface area (Å²) < 4.78 is 11.4. The van der Waals surface area contributed by atoms with Crippen LogP contribution in [0.25, 0.3) is 10.6 Å². The predicted molar refractivity (Wildman–Crippen MR) is 137 cm³/mol. The molecular weight excluding hydrogens is 474 g/mol. The van der Waals surface area contributed by atoms with Crippen LogP contribution in [0.4, 0.5) is 0 Å². The van der Waals surface area contributed by atoms with Gasteiger partial charge in [0.2, 0.25) is 0 Å². The van der Waals surface area contributed by atoms with Gasteiger partial charge in [0.1, 0.15) is 27.9 Å². The van der Waals surface area contributed by atoms with E-state index in [1.165, 1.54) is 11.3 Å². The first-order valence-corrected chi connectivity index (χ1v) is 12.3. The van der Waals surface area contributed by atoms with E-state index in [1.54, 1.807) is 6.07 Å². The minimum absolute atomic E-state index is 0. The number of halogens is 1. The van der Waals surface area contributed by atoms with E-state index >= 15 is 0 Å². The van der Waals surface area contributed by atoms with Gasteiger partial charge in [-0.05, 0) is 45.1 Å². The van der Waals surface area contributed by atoms with Gasteiger partial charge in [-0.2, -0.15) is 5.26 Å². The molecule has 1 aromatic carbocycles. The zero-order valence-corrected chi connectivity index (χ0v) is 21.9. The van der Waals surface area contributed by atoms with E-state index in [0.29, 0.717) is 33.4 Å². The molecule has 1 amide bonds. The van der Waals surface area contributed by atoms with E-state index in [4.69, 9.17) is 9.47 Å². The molecule has 1 atom stereocenters. The van der Waals surface area contributed by atoms with Crippen LogP contribution < -0.4 is 10.1 Å². The van der Waals surface area contributed by atoms with Crippen molar-refractivity contribution in [2.24, 2.45) is 0 Å². The lowest BCUT2D eigenvalue weighted by Crippen LogP contribution is -2.41. The number of benzene rings is 1. The van der Waals surface area contributed by atoms with Gasteiger partial charge in [-0.15, -0.1) is 23.7 Å². The van der Waals surface area contributed by atoms with Crippen molar-refractivity contribution in [3.63, 3.8) is 0 Å². The lowest BCUT2D eigenvalue weighted by atomic mass is 10.1. The second kappa shape index (κ2) is 13.6. The molecule has 0 radical (unpaired) electrons. The lowest BCUT2D eigenvalue weighted by Gasteiger charge is -2.27. The summed E-state index contributed by atoms with van der Waals surface area (Å²) in [5.74, 6) is 0.438. The van der Waals surface area contributed by atoms with Crippen molar-refractivity contribution in [2.75, 3.05) is 52.5 Å². The first-order valence-electron chi connectivity index (χ1n) is 11.5. The Balaban J connectivity index is 0.00000408. The number of nitrogens with one attached hydrogen (secondary N) is 1. The van der Waals surface area contributed by atoms with E-state index in [0.717, 1.165) is 51.5 Å². The van der Waals surface area contributed by atoms with Gasteiger partial charge < -0.3 is 14.8 Å². The zero-order chi connectivity index (χ0) is 23.8. The highest BCUT2D eigenvalue weighted by Gasteiger charge is 2.19. The van der Waals surface area contributed by atoms with Crippen molar-refractivity contribution < 1.29 is 14.3 Å². The van der Waals surface area contributed by atoms with Crippen molar-refractivity contribution >= 4 is 29.7 Å². The fraction of sp³-hybridized carbons (Fsp3) is 0.542. The number of aromatic nitrogens is 1. The smallest absolute Gasteiger partial charge is 0.263 e. The quantitative estimate of drug-likeness (QED) is 0.492. The number of thiazole rings is 1. The Kier molecular flexibility index (Phi) is 11.2. The van der Waals surface area contributed by atoms with Crippen LogP contribution in [0.2, 0.25) is 0 Å². The lowest BCUT2D eigenvalue weighted by molar-refractivity contribution is 0.0383. The summed E-state index contributed by atoms with van der Waals surface area (Å²) in [6, 6.07) is 7.71. The maximum absolute atomic E-state index is 12.7. The van der Waals surface area contributed by atoms with Crippen molar-refractivity contribution in [3.8, 4) is 22.4 Å². The minimum Gasteiger partial charge on any atom is -0.474 e. The molecule has 1 aliphatic heterocycles. The van der Waals surface area contributed by atoms with Gasteiger partial charge in [0, 0.05) is 31.7 Å². The second-order valence-corrected chi connectivity index (χ2v) is 8.90. The second-order valence-electron chi connectivity index (χ2n) is 7.90. The summed E-state index contributed by atoms with van der Waals surface area (Å²) >= 11 is 1.34. The van der Waals surface area contributed by atoms with Gasteiger partial charge in [-0.3, -0.25) is 14.6 Å². The molecule has 0 saturated carbocycles. The van der Waals surface area contributed by atoms with Crippen LogP contribution in [0, 0.1) is 18.3 Å². The monoisotopic (exact) mass is 507 g/mol. The van der Waals surface area contributed by atoms with Gasteiger partial charge in [0.15, 0.2) is 0 Å². The summed E-state index contributed by atoms with van der Waals surface area (Å²) in [7, 11) is 0. The minimum atomic E-state index is -0.132. The molecule has 34 heavy (non-hydrogen) atoms. The molecule has 186 valence electrons. The average molecular weight is 508 g/mol. The third-order valence-electron chi connectivity index (χ3n) is 5.79. The third kappa shape index (κ3) is 7.14. The predicted octanol–water partition coefficient (Wildman–Crippen LogP) is 3.54. The van der Waals surface area contributed by atoms with Crippen LogP contribution in [-0.4, -0.2) is 79.4 Å². The van der Waals surface area contributed by atoms with E-state index in [-0.39, 0.29) is 24.5 Å². The number of nitrogens with zero attached hydrogens (tertiary/aromatic N) is 4. The molecule has 1 fully saturated rings. The molecule has 1 N–H and O–H groups in total. The summed E-state index contributed by atoms with van der Waals surface area (Å²) in [6.07, 6.45) is -0.132. The van der Waals surface area contributed by atoms with Gasteiger partial charge >= 0.3 is 0 Å². The maximum atomic E-state index is 12.7. The van der Waals surface area contributed by atoms with Crippen LogP contribution in [-0.2, 0) is 4.74 Å². The van der Waals surface area contributed by atoms with E-state index < -0.39 is 0 Å². The van der Waals surface area contributed by atoms with Crippen LogP contribution >= 0.6 is 23.7 Å². The number of amides is 1. The molecule has 0 spiro atoms. The number of morpholine rings is 1. The summed E-state index contributed by atoms with van der Waals surface area (Å²) in [5.41, 5.74) is 1.94. The van der Waals surface area contributed by atoms with Crippen molar-refractivity contribution in [1.82, 2.24) is 20.1 Å². The normalized spacial score (nSPS) is 14.8. The summed E-state index contributed by atoms with van der Waals surface area (Å²) in [4.78, 5) is 22.4. The van der Waals surface area contributed by atoms with E-state index in [2.05, 4.69) is 40.0 Å². The highest BCUT2D eigenvalue weighted by atomic mass is 35.5. The average Bonchev–Trinajstić information content (AvgIpc) is 3.22. The Bertz CT molecular complexity index is 983. The number of nitriles is 1. The van der Waals surface area contributed by atoms with Crippen molar-refractivity contribution in [1.29, 1.82) is 5.26 Å². The van der Waals surface area contributed by atoms with Crippen LogP contribution in [0.5, 0.6) is 5.75 Å². The Morgan fingerprint density at radius 1 is 1.35 bits per heavy atom. The number of hydrogen-bond acceptors (Lipinski definition) is 8. The van der Waals surface area contributed by atoms with Crippen molar-refractivity contribution in [2.45, 2.75) is 33.9 Å². The number of carbonyl (C=O) groups is 1. The van der Waals surface area contributed by atoms with E-state index in [1.807, 2.05) is 26.0 Å². The fourth-order valence-electron chi connectivity index (χ4n) is 3.81. The standard InChI is InChI=1S/C24H33N5O3S.ClH/c1-5-29(6-2)18(4)32-21-8-7-19(15-20(21)16-25)24-27-17(3)22(33-24)23(30)26-9-10-28-11-13-31-14-12-28;/h7-8,15,18H,5-6,9-14H2,1-4H3,(H,26,30);1H. The Morgan fingerprint density at radius 2 is 2.06 bits per heavy atom.